The fourth-order valence-corrected chi connectivity index (χ4v) is 4.95. The van der Waals surface area contributed by atoms with Gasteiger partial charge in [-0.05, 0) is 41.6 Å². The Labute approximate surface area is 122 Å². The minimum absolute atomic E-state index is 0.394. The van der Waals surface area contributed by atoms with E-state index in [1.807, 2.05) is 41.3 Å². The number of fused-ring (bicyclic) bond motifs is 1. The molecular formula is C16H15NS2. The molecule has 0 amide bonds. The molecule has 19 heavy (non-hydrogen) atoms. The Hall–Kier alpha value is -1.37. The summed E-state index contributed by atoms with van der Waals surface area (Å²) in [5, 5.41) is 6.46. The van der Waals surface area contributed by atoms with Gasteiger partial charge in [0.05, 0.1) is 10.3 Å². The summed E-state index contributed by atoms with van der Waals surface area (Å²) in [5.41, 5.74) is 3.46. The third kappa shape index (κ3) is 2.65. The molecule has 0 spiro atoms. The first kappa shape index (κ1) is 12.7. The van der Waals surface area contributed by atoms with Crippen molar-refractivity contribution >= 4 is 28.8 Å². The highest BCUT2D eigenvalue weighted by Crippen LogP contribution is 2.44. The van der Waals surface area contributed by atoms with Crippen molar-refractivity contribution in [2.75, 3.05) is 5.32 Å². The maximum atomic E-state index is 5.45. The lowest BCUT2D eigenvalue weighted by atomic mass is 10.0. The standard InChI is InChI=1S/C16H15NS2/c1-3-12-5-4-6-13(10-12)17-15-9-11(2)19-16-14(15)7-8-18-16/h1,4-8,10-11,15,17H,9H2,2H3/t11-,15?/m0/s1. The molecule has 1 aliphatic heterocycles. The number of anilines is 1. The Morgan fingerprint density at radius 2 is 2.26 bits per heavy atom. The lowest BCUT2D eigenvalue weighted by molar-refractivity contribution is 0.670. The monoisotopic (exact) mass is 285 g/mol. The number of thioether (sulfide) groups is 1. The van der Waals surface area contributed by atoms with Crippen LogP contribution in [0.2, 0.25) is 0 Å². The average molecular weight is 285 g/mol. The predicted octanol–water partition coefficient (Wildman–Crippen LogP) is 4.77. The fourth-order valence-electron chi connectivity index (χ4n) is 2.39. The van der Waals surface area contributed by atoms with Gasteiger partial charge in [-0.25, -0.2) is 0 Å². The van der Waals surface area contributed by atoms with E-state index in [1.165, 1.54) is 9.77 Å². The molecule has 3 heteroatoms. The van der Waals surface area contributed by atoms with Crippen LogP contribution in [-0.4, -0.2) is 5.25 Å². The summed E-state index contributed by atoms with van der Waals surface area (Å²) < 4.78 is 1.45. The van der Waals surface area contributed by atoms with Crippen LogP contribution >= 0.6 is 23.1 Å². The van der Waals surface area contributed by atoms with Gasteiger partial charge in [0, 0.05) is 16.5 Å². The summed E-state index contributed by atoms with van der Waals surface area (Å²) in [6.45, 7) is 2.29. The van der Waals surface area contributed by atoms with Gasteiger partial charge in [0.2, 0.25) is 0 Å². The molecule has 1 aromatic heterocycles. The van der Waals surface area contributed by atoms with Crippen molar-refractivity contribution in [2.24, 2.45) is 0 Å². The summed E-state index contributed by atoms with van der Waals surface area (Å²) in [4.78, 5) is 0. The van der Waals surface area contributed by atoms with Gasteiger partial charge >= 0.3 is 0 Å². The zero-order valence-corrected chi connectivity index (χ0v) is 12.4. The molecule has 96 valence electrons. The fraction of sp³-hybridized carbons (Fsp3) is 0.250. The molecular weight excluding hydrogens is 270 g/mol. The van der Waals surface area contributed by atoms with E-state index in [0.717, 1.165) is 17.7 Å². The number of nitrogens with one attached hydrogen (secondary N) is 1. The smallest absolute Gasteiger partial charge is 0.0653 e. The Morgan fingerprint density at radius 3 is 3.11 bits per heavy atom. The van der Waals surface area contributed by atoms with Crippen LogP contribution in [0.3, 0.4) is 0 Å². The highest BCUT2D eigenvalue weighted by Gasteiger charge is 2.26. The van der Waals surface area contributed by atoms with Gasteiger partial charge in [0.15, 0.2) is 0 Å². The molecule has 1 aliphatic rings. The molecule has 0 saturated heterocycles. The lowest BCUT2D eigenvalue weighted by Crippen LogP contribution is -2.18. The van der Waals surface area contributed by atoms with Crippen LogP contribution in [0.1, 0.15) is 30.5 Å². The molecule has 2 aromatic rings. The second-order valence-electron chi connectivity index (χ2n) is 4.75. The Morgan fingerprint density at radius 1 is 1.37 bits per heavy atom. The molecule has 1 nitrogen and oxygen atoms in total. The molecule has 3 rings (SSSR count). The topological polar surface area (TPSA) is 12.0 Å². The van der Waals surface area contributed by atoms with Crippen LogP contribution in [0.25, 0.3) is 0 Å². The molecule has 0 bridgehead atoms. The Kier molecular flexibility index (Phi) is 3.54. The second-order valence-corrected chi connectivity index (χ2v) is 7.37. The number of rotatable bonds is 2. The van der Waals surface area contributed by atoms with Gasteiger partial charge in [0.25, 0.3) is 0 Å². The predicted molar refractivity (Wildman–Crippen MR) is 85.0 cm³/mol. The third-order valence-electron chi connectivity index (χ3n) is 3.28. The normalized spacial score (nSPS) is 21.5. The summed E-state index contributed by atoms with van der Waals surface area (Å²) in [6, 6.07) is 10.7. The quantitative estimate of drug-likeness (QED) is 0.798. The van der Waals surface area contributed by atoms with Gasteiger partial charge in [-0.3, -0.25) is 0 Å². The largest absolute Gasteiger partial charge is 0.378 e. The molecule has 2 heterocycles. The molecule has 0 aliphatic carbocycles. The number of thiophene rings is 1. The van der Waals surface area contributed by atoms with Crippen LogP contribution in [0, 0.1) is 12.3 Å². The van der Waals surface area contributed by atoms with Crippen LogP contribution < -0.4 is 5.32 Å². The van der Waals surface area contributed by atoms with E-state index in [1.54, 1.807) is 0 Å². The van der Waals surface area contributed by atoms with Gasteiger partial charge < -0.3 is 5.32 Å². The summed E-state index contributed by atoms with van der Waals surface area (Å²) >= 11 is 3.83. The SMILES string of the molecule is C#Cc1cccc(NC2C[C@H](C)Sc3sccc32)c1. The molecule has 0 fully saturated rings. The van der Waals surface area contributed by atoms with Crippen LogP contribution in [-0.2, 0) is 0 Å². The Bertz CT molecular complexity index is 624. The zero-order valence-electron chi connectivity index (χ0n) is 10.7. The van der Waals surface area contributed by atoms with Crippen molar-refractivity contribution in [1.82, 2.24) is 0 Å². The van der Waals surface area contributed by atoms with Gasteiger partial charge in [-0.1, -0.05) is 18.9 Å². The van der Waals surface area contributed by atoms with Gasteiger partial charge in [-0.15, -0.1) is 29.5 Å². The van der Waals surface area contributed by atoms with Gasteiger partial charge in [0.1, 0.15) is 0 Å². The van der Waals surface area contributed by atoms with E-state index in [4.69, 9.17) is 6.42 Å². The van der Waals surface area contributed by atoms with Crippen molar-refractivity contribution in [2.45, 2.75) is 28.8 Å². The summed E-state index contributed by atoms with van der Waals surface area (Å²) in [7, 11) is 0. The lowest BCUT2D eigenvalue weighted by Gasteiger charge is -2.28. The van der Waals surface area contributed by atoms with Crippen molar-refractivity contribution in [3.8, 4) is 12.3 Å². The maximum absolute atomic E-state index is 5.45. The minimum Gasteiger partial charge on any atom is -0.378 e. The number of benzene rings is 1. The molecule has 2 atom stereocenters. The van der Waals surface area contributed by atoms with Crippen molar-refractivity contribution in [3.63, 3.8) is 0 Å². The molecule has 0 radical (unpaired) electrons. The first-order valence-corrected chi connectivity index (χ1v) is 8.09. The summed E-state index contributed by atoms with van der Waals surface area (Å²) in [5.74, 6) is 2.69. The first-order chi connectivity index (χ1) is 9.26. The van der Waals surface area contributed by atoms with Crippen LogP contribution in [0.4, 0.5) is 5.69 Å². The highest BCUT2D eigenvalue weighted by atomic mass is 32.2. The van der Waals surface area contributed by atoms with E-state index < -0.39 is 0 Å². The van der Waals surface area contributed by atoms with Crippen LogP contribution in [0.15, 0.2) is 39.9 Å². The van der Waals surface area contributed by atoms with E-state index in [-0.39, 0.29) is 0 Å². The van der Waals surface area contributed by atoms with Gasteiger partial charge in [-0.2, -0.15) is 0 Å². The van der Waals surface area contributed by atoms with Crippen molar-refractivity contribution in [1.29, 1.82) is 0 Å². The van der Waals surface area contributed by atoms with E-state index in [0.29, 0.717) is 11.3 Å². The van der Waals surface area contributed by atoms with Crippen LogP contribution in [0.5, 0.6) is 0 Å². The molecule has 1 aromatic carbocycles. The van der Waals surface area contributed by atoms with Crippen molar-refractivity contribution < 1.29 is 0 Å². The number of terminal acetylenes is 1. The van der Waals surface area contributed by atoms with E-state index in [2.05, 4.69) is 35.7 Å². The summed E-state index contributed by atoms with van der Waals surface area (Å²) in [6.07, 6.45) is 6.60. The molecule has 0 saturated carbocycles. The first-order valence-electron chi connectivity index (χ1n) is 6.33. The third-order valence-corrected chi connectivity index (χ3v) is 5.62. The average Bonchev–Trinajstić information content (AvgIpc) is 2.87. The maximum Gasteiger partial charge on any atom is 0.0653 e. The molecule has 1 N–H and O–H groups in total. The minimum atomic E-state index is 0.394. The van der Waals surface area contributed by atoms with Crippen molar-refractivity contribution in [3.05, 3.63) is 46.8 Å². The van der Waals surface area contributed by atoms with E-state index in [9.17, 15) is 0 Å². The Balaban J connectivity index is 1.86. The second kappa shape index (κ2) is 5.32. The van der Waals surface area contributed by atoms with E-state index >= 15 is 0 Å². The number of hydrogen-bond donors (Lipinski definition) is 1. The molecule has 1 unspecified atom stereocenters. The highest BCUT2D eigenvalue weighted by molar-refractivity contribution is 8.01. The number of hydrogen-bond acceptors (Lipinski definition) is 3. The zero-order chi connectivity index (χ0) is 13.2.